The van der Waals surface area contributed by atoms with Crippen LogP contribution in [-0.2, 0) is 0 Å². The highest BCUT2D eigenvalue weighted by Gasteiger charge is 2.04. The highest BCUT2D eigenvalue weighted by Crippen LogP contribution is 2.06. The molecule has 3 nitrogen and oxygen atoms in total. The summed E-state index contributed by atoms with van der Waals surface area (Å²) >= 11 is 0. The van der Waals surface area contributed by atoms with E-state index < -0.39 is 0 Å². The Bertz CT molecular complexity index is 246. The van der Waals surface area contributed by atoms with Crippen LogP contribution in [0.25, 0.3) is 0 Å². The molecule has 0 bridgehead atoms. The first-order valence-corrected chi connectivity index (χ1v) is 4.25. The molecule has 13 heavy (non-hydrogen) atoms. The predicted molar refractivity (Wildman–Crippen MR) is 49.0 cm³/mol. The van der Waals surface area contributed by atoms with Crippen molar-refractivity contribution in [3.05, 3.63) is 24.1 Å². The number of hydrogen-bond donors (Lipinski definition) is 2. The first-order chi connectivity index (χ1) is 6.26. The maximum absolute atomic E-state index is 12.4. The molecule has 1 aromatic rings. The van der Waals surface area contributed by atoms with E-state index in [1.807, 2.05) is 6.92 Å². The summed E-state index contributed by atoms with van der Waals surface area (Å²) < 4.78 is 12.4. The number of nitrogens with zero attached hydrogens (tertiary/aromatic N) is 1. The van der Waals surface area contributed by atoms with Crippen LogP contribution in [0, 0.1) is 5.82 Å². The van der Waals surface area contributed by atoms with Gasteiger partial charge in [-0.1, -0.05) is 6.92 Å². The molecule has 0 aliphatic carbocycles. The van der Waals surface area contributed by atoms with E-state index in [0.29, 0.717) is 5.82 Å². The quantitative estimate of drug-likeness (QED) is 0.743. The number of anilines is 1. The largest absolute Gasteiger partial charge is 0.394 e. The first kappa shape index (κ1) is 9.92. The summed E-state index contributed by atoms with van der Waals surface area (Å²) in [5, 5.41) is 11.9. The van der Waals surface area contributed by atoms with E-state index >= 15 is 0 Å². The number of rotatable bonds is 4. The van der Waals surface area contributed by atoms with Crippen molar-refractivity contribution < 1.29 is 9.50 Å². The molecule has 1 rings (SSSR count). The first-order valence-electron chi connectivity index (χ1n) is 4.25. The third-order valence-corrected chi connectivity index (χ3v) is 1.79. The molecule has 1 aromatic heterocycles. The van der Waals surface area contributed by atoms with Crippen LogP contribution in [0.5, 0.6) is 0 Å². The molecule has 0 saturated carbocycles. The Morgan fingerprint density at radius 2 is 2.38 bits per heavy atom. The molecule has 0 radical (unpaired) electrons. The molecule has 1 atom stereocenters. The summed E-state index contributed by atoms with van der Waals surface area (Å²) in [5.74, 6) is 0.227. The third-order valence-electron chi connectivity index (χ3n) is 1.79. The molecule has 0 amide bonds. The summed E-state index contributed by atoms with van der Waals surface area (Å²) in [6.07, 6.45) is 1.95. The molecule has 0 fully saturated rings. The van der Waals surface area contributed by atoms with E-state index in [9.17, 15) is 4.39 Å². The molecule has 0 spiro atoms. The molecule has 2 N–H and O–H groups in total. The van der Waals surface area contributed by atoms with Crippen molar-refractivity contribution in [3.8, 4) is 0 Å². The van der Waals surface area contributed by atoms with Crippen LogP contribution in [-0.4, -0.2) is 22.7 Å². The smallest absolute Gasteiger partial charge is 0.141 e. The highest BCUT2D eigenvalue weighted by molar-refractivity contribution is 5.34. The number of nitrogens with one attached hydrogen (secondary N) is 1. The minimum Gasteiger partial charge on any atom is -0.394 e. The molecule has 0 unspecified atom stereocenters. The highest BCUT2D eigenvalue weighted by atomic mass is 19.1. The molecule has 0 saturated heterocycles. The zero-order chi connectivity index (χ0) is 9.68. The molecule has 72 valence electrons. The van der Waals surface area contributed by atoms with Crippen LogP contribution < -0.4 is 5.32 Å². The topological polar surface area (TPSA) is 45.1 Å². The van der Waals surface area contributed by atoms with Crippen molar-refractivity contribution in [2.24, 2.45) is 0 Å². The third kappa shape index (κ3) is 2.99. The fourth-order valence-corrected chi connectivity index (χ4v) is 0.947. The zero-order valence-corrected chi connectivity index (χ0v) is 7.50. The van der Waals surface area contributed by atoms with Gasteiger partial charge in [-0.3, -0.25) is 0 Å². The minimum atomic E-state index is -0.359. The van der Waals surface area contributed by atoms with Crippen molar-refractivity contribution >= 4 is 5.82 Å². The van der Waals surface area contributed by atoms with Crippen molar-refractivity contribution in [2.45, 2.75) is 19.4 Å². The van der Waals surface area contributed by atoms with Gasteiger partial charge in [-0.05, 0) is 18.6 Å². The standard InChI is InChI=1S/C9H13FN2O/c1-2-8(6-13)12-9-4-3-7(10)5-11-9/h3-5,8,13H,2,6H2,1H3,(H,11,12)/t8-/m1/s1. The van der Waals surface area contributed by atoms with E-state index in [1.54, 1.807) is 6.07 Å². The number of hydrogen-bond acceptors (Lipinski definition) is 3. The minimum absolute atomic E-state index is 0.0158. The Morgan fingerprint density at radius 3 is 2.85 bits per heavy atom. The molecule has 0 aromatic carbocycles. The van der Waals surface area contributed by atoms with Crippen molar-refractivity contribution in [3.63, 3.8) is 0 Å². The second-order valence-corrected chi connectivity index (χ2v) is 2.79. The molecule has 0 aliphatic rings. The van der Waals surface area contributed by atoms with Crippen LogP contribution in [0.1, 0.15) is 13.3 Å². The maximum Gasteiger partial charge on any atom is 0.141 e. The van der Waals surface area contributed by atoms with Crippen LogP contribution in [0.3, 0.4) is 0 Å². The number of halogens is 1. The van der Waals surface area contributed by atoms with E-state index in [-0.39, 0.29) is 18.5 Å². The van der Waals surface area contributed by atoms with Crippen LogP contribution >= 0.6 is 0 Å². The van der Waals surface area contributed by atoms with Crippen molar-refractivity contribution in [1.29, 1.82) is 0 Å². The van der Waals surface area contributed by atoms with Gasteiger partial charge in [0.1, 0.15) is 11.6 Å². The Balaban J connectivity index is 2.58. The zero-order valence-electron chi connectivity index (χ0n) is 7.50. The van der Waals surface area contributed by atoms with E-state index in [2.05, 4.69) is 10.3 Å². The van der Waals surface area contributed by atoms with Gasteiger partial charge in [0.25, 0.3) is 0 Å². The monoisotopic (exact) mass is 184 g/mol. The number of aliphatic hydroxyl groups excluding tert-OH is 1. The van der Waals surface area contributed by atoms with Crippen LogP contribution in [0.2, 0.25) is 0 Å². The summed E-state index contributed by atoms with van der Waals surface area (Å²) in [6.45, 7) is 2.01. The maximum atomic E-state index is 12.4. The second-order valence-electron chi connectivity index (χ2n) is 2.79. The number of aliphatic hydroxyl groups is 1. The van der Waals surface area contributed by atoms with Crippen molar-refractivity contribution in [1.82, 2.24) is 4.98 Å². The summed E-state index contributed by atoms with van der Waals surface area (Å²) in [5.41, 5.74) is 0. The predicted octanol–water partition coefficient (Wildman–Crippen LogP) is 1.40. The van der Waals surface area contributed by atoms with E-state index in [4.69, 9.17) is 5.11 Å². The molecule has 1 heterocycles. The van der Waals surface area contributed by atoms with Gasteiger partial charge in [0, 0.05) is 0 Å². The van der Waals surface area contributed by atoms with Gasteiger partial charge in [0.05, 0.1) is 18.8 Å². The van der Waals surface area contributed by atoms with Gasteiger partial charge in [-0.25, -0.2) is 9.37 Å². The van der Waals surface area contributed by atoms with Gasteiger partial charge in [0.2, 0.25) is 0 Å². The fraction of sp³-hybridized carbons (Fsp3) is 0.444. The normalized spacial score (nSPS) is 12.5. The molecular formula is C9H13FN2O. The lowest BCUT2D eigenvalue weighted by Gasteiger charge is -2.13. The number of aromatic nitrogens is 1. The summed E-state index contributed by atoms with van der Waals surface area (Å²) in [4.78, 5) is 3.82. The fourth-order valence-electron chi connectivity index (χ4n) is 0.947. The van der Waals surface area contributed by atoms with Crippen molar-refractivity contribution in [2.75, 3.05) is 11.9 Å². The van der Waals surface area contributed by atoms with Gasteiger partial charge in [0.15, 0.2) is 0 Å². The van der Waals surface area contributed by atoms with Gasteiger partial charge < -0.3 is 10.4 Å². The van der Waals surface area contributed by atoms with Gasteiger partial charge in [-0.2, -0.15) is 0 Å². The van der Waals surface area contributed by atoms with E-state index in [1.165, 1.54) is 6.07 Å². The summed E-state index contributed by atoms with van der Waals surface area (Å²) in [6, 6.07) is 2.87. The van der Waals surface area contributed by atoms with Crippen LogP contribution in [0.15, 0.2) is 18.3 Å². The molecule has 0 aliphatic heterocycles. The number of pyridine rings is 1. The molecule has 4 heteroatoms. The SMILES string of the molecule is CC[C@H](CO)Nc1ccc(F)cn1. The summed E-state index contributed by atoms with van der Waals surface area (Å²) in [7, 11) is 0. The Hall–Kier alpha value is -1.16. The molecular weight excluding hydrogens is 171 g/mol. The van der Waals surface area contributed by atoms with Gasteiger partial charge in [-0.15, -0.1) is 0 Å². The second kappa shape index (κ2) is 4.77. The van der Waals surface area contributed by atoms with Crippen LogP contribution in [0.4, 0.5) is 10.2 Å². The Labute approximate surface area is 76.6 Å². The lowest BCUT2D eigenvalue weighted by Crippen LogP contribution is -2.23. The average molecular weight is 184 g/mol. The van der Waals surface area contributed by atoms with E-state index in [0.717, 1.165) is 12.6 Å². The average Bonchev–Trinajstić information content (AvgIpc) is 2.17. The van der Waals surface area contributed by atoms with Gasteiger partial charge >= 0.3 is 0 Å². The lowest BCUT2D eigenvalue weighted by atomic mass is 10.2. The lowest BCUT2D eigenvalue weighted by molar-refractivity contribution is 0.271. The Kier molecular flexibility index (Phi) is 3.64. The Morgan fingerprint density at radius 1 is 1.62 bits per heavy atom.